The number of carbonyl (C=O) groups excluding carboxylic acids is 1. The minimum Gasteiger partial charge on any atom is -0.479 e. The molecule has 5 heteroatoms. The zero-order chi connectivity index (χ0) is 11.8. The lowest BCUT2D eigenvalue weighted by Gasteiger charge is -2.04. The molecule has 0 aliphatic heterocycles. The van der Waals surface area contributed by atoms with Crippen molar-refractivity contribution in [2.75, 3.05) is 12.4 Å². The average molecular weight is 257 g/mol. The monoisotopic (exact) mass is 257 g/mol. The van der Waals surface area contributed by atoms with Crippen LogP contribution in [0.3, 0.4) is 0 Å². The van der Waals surface area contributed by atoms with Gasteiger partial charge in [0.15, 0.2) is 0 Å². The van der Waals surface area contributed by atoms with E-state index in [2.05, 4.69) is 0 Å². The molecule has 0 spiro atoms. The number of aryl methyl sites for hydroxylation is 1. The van der Waals surface area contributed by atoms with Crippen molar-refractivity contribution < 1.29 is 9.53 Å². The zero-order valence-corrected chi connectivity index (χ0v) is 10.9. The molecule has 0 saturated heterocycles. The molecule has 0 radical (unpaired) electrons. The summed E-state index contributed by atoms with van der Waals surface area (Å²) in [6, 6.07) is 3.90. The van der Waals surface area contributed by atoms with Crippen molar-refractivity contribution in [3.63, 3.8) is 0 Å². The van der Waals surface area contributed by atoms with Crippen LogP contribution in [-0.2, 0) is 16.1 Å². The summed E-state index contributed by atoms with van der Waals surface area (Å²) in [4.78, 5) is 11.5. The Morgan fingerprint density at radius 3 is 2.75 bits per heavy atom. The number of hydrogen-bond donors (Lipinski definition) is 0. The van der Waals surface area contributed by atoms with E-state index in [0.29, 0.717) is 23.2 Å². The number of Topliss-reactive ketones (excluding diaryl/α,β-unsaturated/α-hetero) is 1. The van der Waals surface area contributed by atoms with Crippen molar-refractivity contribution in [2.45, 2.75) is 19.9 Å². The molecule has 0 aliphatic rings. The highest BCUT2D eigenvalue weighted by atomic mass is 32.2. The molecule has 0 fully saturated rings. The minimum atomic E-state index is 0.195. The Bertz CT molecular complexity index is 336. The highest BCUT2D eigenvalue weighted by Gasteiger charge is 2.05. The van der Waals surface area contributed by atoms with E-state index in [4.69, 9.17) is 17.0 Å². The van der Waals surface area contributed by atoms with E-state index in [1.165, 1.54) is 11.8 Å². The summed E-state index contributed by atoms with van der Waals surface area (Å²) in [5.74, 6) is 0.598. The molecule has 0 aromatic carbocycles. The Balaban J connectivity index is 2.14. The summed E-state index contributed by atoms with van der Waals surface area (Å²) in [7, 11) is 0. The van der Waals surface area contributed by atoms with Gasteiger partial charge in [-0.05, 0) is 31.3 Å². The minimum absolute atomic E-state index is 0.195. The van der Waals surface area contributed by atoms with E-state index >= 15 is 0 Å². The van der Waals surface area contributed by atoms with E-state index in [1.807, 2.05) is 36.0 Å². The van der Waals surface area contributed by atoms with Crippen LogP contribution in [0.1, 0.15) is 13.3 Å². The molecule has 0 saturated carbocycles. The van der Waals surface area contributed by atoms with Gasteiger partial charge in [-0.15, -0.1) is 0 Å². The summed E-state index contributed by atoms with van der Waals surface area (Å²) in [5, 5.41) is 0. The van der Waals surface area contributed by atoms with Crippen molar-refractivity contribution in [3.8, 4) is 0 Å². The number of ketones is 1. The maximum atomic E-state index is 11.5. The van der Waals surface area contributed by atoms with Crippen LogP contribution in [0.2, 0.25) is 0 Å². The molecule has 1 aromatic rings. The second-order valence-corrected chi connectivity index (χ2v) is 4.76. The fraction of sp³-hybridized carbons (Fsp3) is 0.455. The van der Waals surface area contributed by atoms with Gasteiger partial charge < -0.3 is 9.30 Å². The number of rotatable bonds is 6. The molecular weight excluding hydrogens is 242 g/mol. The van der Waals surface area contributed by atoms with Crippen LogP contribution in [0, 0.1) is 0 Å². The Morgan fingerprint density at radius 2 is 2.12 bits per heavy atom. The first-order valence-electron chi connectivity index (χ1n) is 5.14. The Kier molecular flexibility index (Phi) is 6.18. The van der Waals surface area contributed by atoms with Gasteiger partial charge in [0.05, 0.1) is 12.4 Å². The Hall–Kier alpha value is -0.810. The van der Waals surface area contributed by atoms with Gasteiger partial charge in [-0.2, -0.15) is 0 Å². The summed E-state index contributed by atoms with van der Waals surface area (Å²) in [6.45, 7) is 3.16. The van der Waals surface area contributed by atoms with Gasteiger partial charge in [-0.25, -0.2) is 0 Å². The van der Waals surface area contributed by atoms with Crippen LogP contribution in [0.5, 0.6) is 0 Å². The van der Waals surface area contributed by atoms with E-state index in [9.17, 15) is 4.79 Å². The van der Waals surface area contributed by atoms with Crippen molar-refractivity contribution in [1.29, 1.82) is 0 Å². The normalized spacial score (nSPS) is 10.1. The quantitative estimate of drug-likeness (QED) is 0.733. The Morgan fingerprint density at radius 1 is 1.44 bits per heavy atom. The second kappa shape index (κ2) is 7.46. The largest absolute Gasteiger partial charge is 0.479 e. The SMILES string of the molecule is CCOC(=S)SCC(=O)CCn1cccc1. The fourth-order valence-corrected chi connectivity index (χ4v) is 2.06. The van der Waals surface area contributed by atoms with Gasteiger partial charge >= 0.3 is 0 Å². The van der Waals surface area contributed by atoms with Crippen LogP contribution in [0.15, 0.2) is 24.5 Å². The molecule has 1 heterocycles. The van der Waals surface area contributed by atoms with E-state index < -0.39 is 0 Å². The third-order valence-corrected chi connectivity index (χ3v) is 3.22. The zero-order valence-electron chi connectivity index (χ0n) is 9.22. The smallest absolute Gasteiger partial charge is 0.220 e. The van der Waals surface area contributed by atoms with Gasteiger partial charge in [0.25, 0.3) is 0 Å². The molecule has 0 aliphatic carbocycles. The molecule has 1 rings (SSSR count). The highest BCUT2D eigenvalue weighted by Crippen LogP contribution is 2.07. The maximum absolute atomic E-state index is 11.5. The molecule has 1 aromatic heterocycles. The van der Waals surface area contributed by atoms with Gasteiger partial charge in [-0.1, -0.05) is 11.8 Å². The second-order valence-electron chi connectivity index (χ2n) is 3.18. The van der Waals surface area contributed by atoms with Crippen LogP contribution in [-0.4, -0.2) is 27.1 Å². The molecule has 16 heavy (non-hydrogen) atoms. The number of carbonyl (C=O) groups is 1. The van der Waals surface area contributed by atoms with Crippen molar-refractivity contribution in [2.24, 2.45) is 0 Å². The third-order valence-electron chi connectivity index (χ3n) is 1.93. The molecule has 0 unspecified atom stereocenters. The van der Waals surface area contributed by atoms with Gasteiger partial charge in [-0.3, -0.25) is 4.79 Å². The first-order valence-corrected chi connectivity index (χ1v) is 6.53. The van der Waals surface area contributed by atoms with Crippen LogP contribution >= 0.6 is 24.0 Å². The first-order chi connectivity index (χ1) is 7.72. The van der Waals surface area contributed by atoms with Crippen molar-refractivity contribution >= 4 is 34.1 Å². The van der Waals surface area contributed by atoms with E-state index in [0.717, 1.165) is 6.54 Å². The Labute approximate surface area is 105 Å². The van der Waals surface area contributed by atoms with Crippen molar-refractivity contribution in [1.82, 2.24) is 4.57 Å². The lowest BCUT2D eigenvalue weighted by molar-refractivity contribution is -0.116. The number of thioether (sulfide) groups is 1. The molecule has 88 valence electrons. The molecule has 3 nitrogen and oxygen atoms in total. The summed E-state index contributed by atoms with van der Waals surface area (Å²) < 4.78 is 7.52. The number of nitrogens with zero attached hydrogens (tertiary/aromatic N) is 1. The van der Waals surface area contributed by atoms with Gasteiger partial charge in [0.2, 0.25) is 4.38 Å². The predicted molar refractivity (Wildman–Crippen MR) is 70.7 cm³/mol. The number of aromatic nitrogens is 1. The molecule has 0 N–H and O–H groups in total. The van der Waals surface area contributed by atoms with E-state index in [1.54, 1.807) is 0 Å². The predicted octanol–water partition coefficient (Wildman–Crippen LogP) is 2.50. The lowest BCUT2D eigenvalue weighted by Crippen LogP contribution is -2.08. The molecule has 0 bridgehead atoms. The number of thiocarbonyl (C=S) groups is 1. The number of hydrogen-bond acceptors (Lipinski definition) is 4. The molecule has 0 amide bonds. The van der Waals surface area contributed by atoms with Crippen molar-refractivity contribution in [3.05, 3.63) is 24.5 Å². The summed E-state index contributed by atoms with van der Waals surface area (Å²) in [6.07, 6.45) is 4.44. The van der Waals surface area contributed by atoms with E-state index in [-0.39, 0.29) is 5.78 Å². The van der Waals surface area contributed by atoms with Crippen LogP contribution < -0.4 is 0 Å². The molecular formula is C11H15NO2S2. The first kappa shape index (κ1) is 13.3. The lowest BCUT2D eigenvalue weighted by atomic mass is 10.3. The fourth-order valence-electron chi connectivity index (χ4n) is 1.14. The topological polar surface area (TPSA) is 31.2 Å². The molecule has 0 atom stereocenters. The van der Waals surface area contributed by atoms with Crippen LogP contribution in [0.25, 0.3) is 0 Å². The average Bonchev–Trinajstić information content (AvgIpc) is 2.77. The standard InChI is InChI=1S/C11H15NO2S2/c1-2-14-11(15)16-9-10(13)5-8-12-6-3-4-7-12/h3-4,6-7H,2,5,8-9H2,1H3. The van der Waals surface area contributed by atoms with Crippen LogP contribution in [0.4, 0.5) is 0 Å². The third kappa shape index (κ3) is 5.32. The van der Waals surface area contributed by atoms with Gasteiger partial charge in [0.1, 0.15) is 5.78 Å². The maximum Gasteiger partial charge on any atom is 0.220 e. The summed E-state index contributed by atoms with van der Waals surface area (Å²) in [5.41, 5.74) is 0. The number of ether oxygens (including phenoxy) is 1. The van der Waals surface area contributed by atoms with Gasteiger partial charge in [0, 0.05) is 25.4 Å². The highest BCUT2D eigenvalue weighted by molar-refractivity contribution is 8.23. The summed E-state index contributed by atoms with van der Waals surface area (Å²) >= 11 is 6.22.